The van der Waals surface area contributed by atoms with Gasteiger partial charge in [0.25, 0.3) is 0 Å². The van der Waals surface area contributed by atoms with Crippen LogP contribution in [0.3, 0.4) is 0 Å². The van der Waals surface area contributed by atoms with Crippen LogP contribution in [0.4, 0.5) is 0 Å². The lowest BCUT2D eigenvalue weighted by Gasteiger charge is -2.93. The van der Waals surface area contributed by atoms with E-state index in [1.54, 1.807) is 25.7 Å². The number of hydrogen-bond acceptors (Lipinski definition) is 0. The second-order valence-electron chi connectivity index (χ2n) is 8.13. The molecule has 0 aromatic rings. The standard InChI is InChI=1S/C15H22/c1-8-13(2,3)12-11-7-15(8,12)10-6-14(11)5-4-9(10)14/h8-12H,4-7H2,1-3H3. The van der Waals surface area contributed by atoms with Gasteiger partial charge < -0.3 is 0 Å². The van der Waals surface area contributed by atoms with E-state index in [1.165, 1.54) is 17.8 Å². The summed E-state index contributed by atoms with van der Waals surface area (Å²) in [4.78, 5) is 0. The third-order valence-electron chi connectivity index (χ3n) is 8.45. The van der Waals surface area contributed by atoms with Crippen molar-refractivity contribution in [3.8, 4) is 0 Å². The van der Waals surface area contributed by atoms with Crippen molar-refractivity contribution in [3.05, 3.63) is 0 Å². The summed E-state index contributed by atoms with van der Waals surface area (Å²) < 4.78 is 0. The Balaban J connectivity index is 1.66. The molecule has 4 bridgehead atoms. The van der Waals surface area contributed by atoms with Gasteiger partial charge in [0, 0.05) is 0 Å². The highest BCUT2D eigenvalue weighted by atomic mass is 14.9. The molecule has 5 rings (SSSR count). The summed E-state index contributed by atoms with van der Waals surface area (Å²) in [6.07, 6.45) is 6.50. The van der Waals surface area contributed by atoms with Gasteiger partial charge in [0.15, 0.2) is 0 Å². The van der Waals surface area contributed by atoms with Gasteiger partial charge in [-0.25, -0.2) is 0 Å². The topological polar surface area (TPSA) is 0 Å². The minimum Gasteiger partial charge on any atom is -0.0614 e. The van der Waals surface area contributed by atoms with Gasteiger partial charge in [-0.3, -0.25) is 0 Å². The fourth-order valence-corrected chi connectivity index (χ4v) is 7.71. The van der Waals surface area contributed by atoms with Crippen LogP contribution in [0.5, 0.6) is 0 Å². The van der Waals surface area contributed by atoms with Gasteiger partial charge >= 0.3 is 0 Å². The summed E-state index contributed by atoms with van der Waals surface area (Å²) in [5.74, 6) is 5.74. The van der Waals surface area contributed by atoms with Gasteiger partial charge in [-0.15, -0.1) is 0 Å². The maximum Gasteiger partial charge on any atom is -0.0196 e. The average molecular weight is 202 g/mol. The van der Waals surface area contributed by atoms with Crippen LogP contribution in [-0.2, 0) is 0 Å². The van der Waals surface area contributed by atoms with E-state index in [9.17, 15) is 0 Å². The zero-order chi connectivity index (χ0) is 10.2. The Labute approximate surface area is 92.8 Å². The largest absolute Gasteiger partial charge is 0.0614 e. The van der Waals surface area contributed by atoms with Gasteiger partial charge in [0.2, 0.25) is 0 Å². The van der Waals surface area contributed by atoms with Gasteiger partial charge in [-0.05, 0) is 71.5 Å². The van der Waals surface area contributed by atoms with Gasteiger partial charge in [-0.1, -0.05) is 20.8 Å². The Morgan fingerprint density at radius 3 is 2.40 bits per heavy atom. The highest BCUT2D eigenvalue weighted by molar-refractivity contribution is 5.36. The van der Waals surface area contributed by atoms with Crippen molar-refractivity contribution in [3.63, 3.8) is 0 Å². The Hall–Kier alpha value is 0. The van der Waals surface area contributed by atoms with Gasteiger partial charge in [0.05, 0.1) is 0 Å². The van der Waals surface area contributed by atoms with E-state index in [2.05, 4.69) is 20.8 Å². The quantitative estimate of drug-likeness (QED) is 0.561. The van der Waals surface area contributed by atoms with Crippen molar-refractivity contribution in [1.29, 1.82) is 0 Å². The Bertz CT molecular complexity index is 381. The van der Waals surface area contributed by atoms with Crippen LogP contribution < -0.4 is 0 Å². The third kappa shape index (κ3) is 0.463. The molecule has 5 aliphatic carbocycles. The van der Waals surface area contributed by atoms with E-state index in [0.29, 0.717) is 5.41 Å². The second-order valence-corrected chi connectivity index (χ2v) is 8.13. The van der Waals surface area contributed by atoms with Crippen molar-refractivity contribution in [2.45, 2.75) is 46.5 Å². The van der Waals surface area contributed by atoms with Crippen molar-refractivity contribution < 1.29 is 0 Å². The molecule has 0 nitrogen and oxygen atoms in total. The monoisotopic (exact) mass is 202 g/mol. The number of hydrogen-bond donors (Lipinski definition) is 0. The first kappa shape index (κ1) is 8.14. The highest BCUT2D eigenvalue weighted by Crippen LogP contribution is 2.94. The van der Waals surface area contributed by atoms with E-state index in [4.69, 9.17) is 0 Å². The van der Waals surface area contributed by atoms with E-state index < -0.39 is 0 Å². The first-order chi connectivity index (χ1) is 7.05. The summed E-state index contributed by atoms with van der Waals surface area (Å²) in [7, 11) is 0. The second kappa shape index (κ2) is 1.73. The molecule has 0 heteroatoms. The molecule has 0 amide bonds. The van der Waals surface area contributed by atoms with E-state index in [1.807, 2.05) is 0 Å². The summed E-state index contributed by atoms with van der Waals surface area (Å²) in [6, 6.07) is 0. The lowest BCUT2D eigenvalue weighted by molar-refractivity contribution is -0.458. The molecule has 7 atom stereocenters. The average Bonchev–Trinajstić information content (AvgIpc) is 2.13. The maximum atomic E-state index is 2.57. The predicted octanol–water partition coefficient (Wildman–Crippen LogP) is 3.71. The predicted molar refractivity (Wildman–Crippen MR) is 60.2 cm³/mol. The Morgan fingerprint density at radius 1 is 1.00 bits per heavy atom. The molecule has 5 saturated carbocycles. The molecule has 0 spiro atoms. The summed E-state index contributed by atoms with van der Waals surface area (Å²) in [6.45, 7) is 7.68. The lowest BCUT2D eigenvalue weighted by atomic mass is 9.11. The van der Waals surface area contributed by atoms with Crippen molar-refractivity contribution in [2.24, 2.45) is 45.8 Å². The molecule has 0 radical (unpaired) electrons. The molecular formula is C15H22. The number of rotatable bonds is 0. The summed E-state index contributed by atoms with van der Waals surface area (Å²) in [5, 5.41) is 0. The molecule has 0 N–H and O–H groups in total. The van der Waals surface area contributed by atoms with Crippen LogP contribution in [0.1, 0.15) is 46.5 Å². The van der Waals surface area contributed by atoms with Crippen LogP contribution >= 0.6 is 0 Å². The van der Waals surface area contributed by atoms with Crippen LogP contribution in [0, 0.1) is 45.8 Å². The first-order valence-electron chi connectivity index (χ1n) is 7.05. The normalized spacial score (nSPS) is 75.0. The molecule has 15 heavy (non-hydrogen) atoms. The highest BCUT2D eigenvalue weighted by Gasteiger charge is 2.88. The van der Waals surface area contributed by atoms with Crippen molar-refractivity contribution in [1.82, 2.24) is 0 Å². The Kier molecular flexibility index (Phi) is 0.938. The van der Waals surface area contributed by atoms with Crippen LogP contribution in [0.2, 0.25) is 0 Å². The molecule has 5 fully saturated rings. The van der Waals surface area contributed by atoms with Crippen molar-refractivity contribution >= 4 is 0 Å². The molecule has 0 aliphatic heterocycles. The maximum absolute atomic E-state index is 2.57. The Morgan fingerprint density at radius 2 is 1.80 bits per heavy atom. The molecule has 7 unspecified atom stereocenters. The van der Waals surface area contributed by atoms with Gasteiger partial charge in [0.1, 0.15) is 0 Å². The zero-order valence-electron chi connectivity index (χ0n) is 10.2. The van der Waals surface area contributed by atoms with E-state index in [-0.39, 0.29) is 0 Å². The molecule has 0 saturated heterocycles. The molecule has 0 aromatic carbocycles. The molecular weight excluding hydrogens is 180 g/mol. The molecule has 0 heterocycles. The van der Waals surface area contributed by atoms with Crippen molar-refractivity contribution in [2.75, 3.05) is 0 Å². The lowest BCUT2D eigenvalue weighted by Crippen LogP contribution is -2.88. The molecule has 82 valence electrons. The van der Waals surface area contributed by atoms with E-state index >= 15 is 0 Å². The van der Waals surface area contributed by atoms with Crippen LogP contribution in [-0.4, -0.2) is 0 Å². The van der Waals surface area contributed by atoms with E-state index in [0.717, 1.165) is 22.7 Å². The SMILES string of the molecule is CC1C(C)(C)C2C3CC12C1CC32CCC12. The van der Waals surface area contributed by atoms with Crippen LogP contribution in [0.25, 0.3) is 0 Å². The fourth-order valence-electron chi connectivity index (χ4n) is 7.71. The minimum atomic E-state index is 0.690. The molecule has 5 aliphatic rings. The van der Waals surface area contributed by atoms with Crippen LogP contribution in [0.15, 0.2) is 0 Å². The van der Waals surface area contributed by atoms with Gasteiger partial charge in [-0.2, -0.15) is 0 Å². The minimum absolute atomic E-state index is 0.690. The first-order valence-corrected chi connectivity index (χ1v) is 7.05. The molecule has 0 aromatic heterocycles. The zero-order valence-corrected chi connectivity index (χ0v) is 10.2. The summed E-state index contributed by atoms with van der Waals surface area (Å²) >= 11 is 0. The fraction of sp³-hybridized carbons (Fsp3) is 1.00. The third-order valence-corrected chi connectivity index (χ3v) is 8.45. The summed E-state index contributed by atoms with van der Waals surface area (Å²) in [5.41, 5.74) is 2.49. The smallest absolute Gasteiger partial charge is 0.0196 e.